The summed E-state index contributed by atoms with van der Waals surface area (Å²) in [5.41, 5.74) is 4.05. The van der Waals surface area contributed by atoms with Gasteiger partial charge in [-0.2, -0.15) is 5.10 Å². The number of ether oxygens (including phenoxy) is 1. The number of carbonyl (C=O) groups is 1. The predicted octanol–water partition coefficient (Wildman–Crippen LogP) is 3.97. The molecule has 1 N–H and O–H groups in total. The molecule has 4 aromatic rings. The summed E-state index contributed by atoms with van der Waals surface area (Å²) in [6, 6.07) is 23.4. The standard InChI is InChI=1S/C25H24N4O2/c1-31-22-12-7-10-20(16-22)24-23(18-29(28-24)17-19-8-3-2-4-9-19)25(30)27-15-13-21-11-5-6-14-26-21/h2-12,14,16,18H,13,15,17H2,1H3,(H,27,30). The molecule has 6 heteroatoms. The van der Waals surface area contributed by atoms with Crippen LogP contribution in [0.5, 0.6) is 5.75 Å². The van der Waals surface area contributed by atoms with Crippen LogP contribution in [-0.4, -0.2) is 34.3 Å². The van der Waals surface area contributed by atoms with Crippen molar-refractivity contribution < 1.29 is 9.53 Å². The van der Waals surface area contributed by atoms with Crippen LogP contribution in [0.2, 0.25) is 0 Å². The SMILES string of the molecule is COc1cccc(-c2nn(Cc3ccccc3)cc2C(=O)NCCc2ccccn2)c1. The van der Waals surface area contributed by atoms with Crippen molar-refractivity contribution in [1.29, 1.82) is 0 Å². The Bertz CT molecular complexity index is 1140. The fraction of sp³-hybridized carbons (Fsp3) is 0.160. The van der Waals surface area contributed by atoms with Gasteiger partial charge in [0.1, 0.15) is 11.4 Å². The third-order valence-electron chi connectivity index (χ3n) is 4.93. The number of rotatable bonds is 8. The lowest BCUT2D eigenvalue weighted by Crippen LogP contribution is -2.26. The predicted molar refractivity (Wildman–Crippen MR) is 120 cm³/mol. The lowest BCUT2D eigenvalue weighted by Gasteiger charge is -2.06. The van der Waals surface area contributed by atoms with Crippen molar-refractivity contribution in [3.8, 4) is 17.0 Å². The number of benzene rings is 2. The highest BCUT2D eigenvalue weighted by atomic mass is 16.5. The van der Waals surface area contributed by atoms with Gasteiger partial charge >= 0.3 is 0 Å². The van der Waals surface area contributed by atoms with Gasteiger partial charge < -0.3 is 10.1 Å². The second-order valence-corrected chi connectivity index (χ2v) is 7.13. The van der Waals surface area contributed by atoms with E-state index >= 15 is 0 Å². The first-order valence-electron chi connectivity index (χ1n) is 10.2. The lowest BCUT2D eigenvalue weighted by molar-refractivity contribution is 0.0954. The Morgan fingerprint density at radius 1 is 1.03 bits per heavy atom. The molecule has 0 bridgehead atoms. The van der Waals surface area contributed by atoms with Gasteiger partial charge in [0.15, 0.2) is 0 Å². The number of hydrogen-bond acceptors (Lipinski definition) is 4. The van der Waals surface area contributed by atoms with Gasteiger partial charge in [-0.05, 0) is 29.8 Å². The van der Waals surface area contributed by atoms with Gasteiger partial charge in [0, 0.05) is 36.6 Å². The molecule has 4 rings (SSSR count). The summed E-state index contributed by atoms with van der Waals surface area (Å²) in [5, 5.41) is 7.73. The smallest absolute Gasteiger partial charge is 0.255 e. The number of pyridine rings is 1. The van der Waals surface area contributed by atoms with Crippen molar-refractivity contribution in [2.24, 2.45) is 0 Å². The Balaban J connectivity index is 1.58. The first-order valence-corrected chi connectivity index (χ1v) is 10.2. The minimum Gasteiger partial charge on any atom is -0.497 e. The first-order chi connectivity index (χ1) is 15.2. The summed E-state index contributed by atoms with van der Waals surface area (Å²) in [6.45, 7) is 1.08. The Hall–Kier alpha value is -3.93. The third kappa shape index (κ3) is 5.17. The number of amides is 1. The van der Waals surface area contributed by atoms with Crippen LogP contribution < -0.4 is 10.1 Å². The molecule has 0 saturated carbocycles. The summed E-state index contributed by atoms with van der Waals surface area (Å²) >= 11 is 0. The Morgan fingerprint density at radius 2 is 1.87 bits per heavy atom. The highest BCUT2D eigenvalue weighted by molar-refractivity contribution is 5.99. The van der Waals surface area contributed by atoms with Crippen LogP contribution in [0.4, 0.5) is 0 Å². The molecular weight excluding hydrogens is 388 g/mol. The van der Waals surface area contributed by atoms with Gasteiger partial charge in [0.2, 0.25) is 0 Å². The number of methoxy groups -OCH3 is 1. The number of hydrogen-bond donors (Lipinski definition) is 1. The minimum atomic E-state index is -0.159. The van der Waals surface area contributed by atoms with Crippen LogP contribution in [0, 0.1) is 0 Å². The van der Waals surface area contributed by atoms with Gasteiger partial charge in [-0.15, -0.1) is 0 Å². The number of carbonyl (C=O) groups excluding carboxylic acids is 1. The molecule has 2 heterocycles. The number of nitrogens with one attached hydrogen (secondary N) is 1. The normalized spacial score (nSPS) is 10.6. The molecule has 31 heavy (non-hydrogen) atoms. The zero-order valence-electron chi connectivity index (χ0n) is 17.4. The first kappa shape index (κ1) is 20.3. The van der Waals surface area contributed by atoms with Crippen molar-refractivity contribution in [1.82, 2.24) is 20.1 Å². The average Bonchev–Trinajstić information content (AvgIpc) is 3.24. The molecule has 0 saturated heterocycles. The zero-order valence-corrected chi connectivity index (χ0v) is 17.4. The second-order valence-electron chi connectivity index (χ2n) is 7.13. The maximum absolute atomic E-state index is 13.0. The molecule has 0 fully saturated rings. The fourth-order valence-electron chi connectivity index (χ4n) is 3.37. The van der Waals surface area contributed by atoms with E-state index in [1.807, 2.05) is 72.8 Å². The van der Waals surface area contributed by atoms with Gasteiger partial charge in [-0.1, -0.05) is 48.5 Å². The van der Waals surface area contributed by atoms with Crippen LogP contribution in [0.15, 0.2) is 85.2 Å². The molecule has 0 radical (unpaired) electrons. The van der Waals surface area contributed by atoms with E-state index in [1.165, 1.54) is 0 Å². The molecule has 0 atom stereocenters. The molecule has 1 amide bonds. The molecule has 0 aliphatic heterocycles. The van der Waals surface area contributed by atoms with E-state index in [2.05, 4.69) is 10.3 Å². The van der Waals surface area contributed by atoms with Crippen molar-refractivity contribution in [2.75, 3.05) is 13.7 Å². The Kier molecular flexibility index (Phi) is 6.38. The lowest BCUT2D eigenvalue weighted by atomic mass is 10.1. The van der Waals surface area contributed by atoms with Crippen LogP contribution in [-0.2, 0) is 13.0 Å². The summed E-state index contributed by atoms with van der Waals surface area (Å²) in [6.07, 6.45) is 4.22. The zero-order chi connectivity index (χ0) is 21.5. The van der Waals surface area contributed by atoms with Crippen LogP contribution in [0.25, 0.3) is 11.3 Å². The van der Waals surface area contributed by atoms with Gasteiger partial charge in [-0.3, -0.25) is 14.5 Å². The largest absolute Gasteiger partial charge is 0.497 e. The molecular formula is C25H24N4O2. The average molecular weight is 412 g/mol. The van der Waals surface area contributed by atoms with E-state index in [0.717, 1.165) is 22.6 Å². The van der Waals surface area contributed by atoms with Gasteiger partial charge in [0.05, 0.1) is 19.2 Å². The molecule has 0 aliphatic rings. The van der Waals surface area contributed by atoms with E-state index < -0.39 is 0 Å². The minimum absolute atomic E-state index is 0.159. The quantitative estimate of drug-likeness (QED) is 0.475. The van der Waals surface area contributed by atoms with E-state index in [4.69, 9.17) is 9.84 Å². The molecule has 0 aliphatic carbocycles. The van der Waals surface area contributed by atoms with E-state index in [1.54, 1.807) is 24.2 Å². The highest BCUT2D eigenvalue weighted by Gasteiger charge is 2.18. The van der Waals surface area contributed by atoms with Crippen LogP contribution >= 0.6 is 0 Å². The van der Waals surface area contributed by atoms with Crippen LogP contribution in [0.3, 0.4) is 0 Å². The summed E-state index contributed by atoms with van der Waals surface area (Å²) < 4.78 is 7.15. The molecule has 156 valence electrons. The van der Waals surface area contributed by atoms with Crippen molar-refractivity contribution in [3.05, 3.63) is 102 Å². The van der Waals surface area contributed by atoms with Gasteiger partial charge in [-0.25, -0.2) is 0 Å². The van der Waals surface area contributed by atoms with Crippen molar-refractivity contribution in [2.45, 2.75) is 13.0 Å². The maximum atomic E-state index is 13.0. The van der Waals surface area contributed by atoms with Gasteiger partial charge in [0.25, 0.3) is 5.91 Å². The topological polar surface area (TPSA) is 69.0 Å². The second kappa shape index (κ2) is 9.71. The Labute approximate surface area is 181 Å². The monoisotopic (exact) mass is 412 g/mol. The summed E-state index contributed by atoms with van der Waals surface area (Å²) in [7, 11) is 1.62. The van der Waals surface area contributed by atoms with Crippen molar-refractivity contribution in [3.63, 3.8) is 0 Å². The van der Waals surface area contributed by atoms with E-state index in [9.17, 15) is 4.79 Å². The molecule has 2 aromatic heterocycles. The third-order valence-corrected chi connectivity index (χ3v) is 4.93. The maximum Gasteiger partial charge on any atom is 0.255 e. The number of nitrogens with zero attached hydrogens (tertiary/aromatic N) is 3. The van der Waals surface area contributed by atoms with Crippen molar-refractivity contribution >= 4 is 5.91 Å². The number of aromatic nitrogens is 3. The molecule has 6 nitrogen and oxygen atoms in total. The Morgan fingerprint density at radius 3 is 2.65 bits per heavy atom. The van der Waals surface area contributed by atoms with E-state index in [-0.39, 0.29) is 5.91 Å². The molecule has 0 spiro atoms. The van der Waals surface area contributed by atoms with Crippen LogP contribution in [0.1, 0.15) is 21.6 Å². The summed E-state index contributed by atoms with van der Waals surface area (Å²) in [5.74, 6) is 0.560. The van der Waals surface area contributed by atoms with E-state index in [0.29, 0.717) is 30.8 Å². The molecule has 0 unspecified atom stereocenters. The summed E-state index contributed by atoms with van der Waals surface area (Å²) in [4.78, 5) is 17.3. The fourth-order valence-corrected chi connectivity index (χ4v) is 3.37. The molecule has 2 aromatic carbocycles. The highest BCUT2D eigenvalue weighted by Crippen LogP contribution is 2.26.